The first kappa shape index (κ1) is 21.4. The van der Waals surface area contributed by atoms with Crippen molar-refractivity contribution in [1.29, 1.82) is 0 Å². The third kappa shape index (κ3) is 4.62. The van der Waals surface area contributed by atoms with E-state index in [0.717, 1.165) is 11.0 Å². The zero-order valence-electron chi connectivity index (χ0n) is 17.0. The minimum absolute atomic E-state index is 0.0501. The monoisotopic (exact) mass is 428 g/mol. The van der Waals surface area contributed by atoms with Gasteiger partial charge in [-0.3, -0.25) is 4.79 Å². The van der Waals surface area contributed by atoms with Crippen LogP contribution in [0.15, 0.2) is 64.0 Å². The maximum Gasteiger partial charge on any atom is 0.279 e. The molecule has 3 N–H and O–H groups in total. The van der Waals surface area contributed by atoms with E-state index < -0.39 is 10.0 Å². The van der Waals surface area contributed by atoms with Crippen LogP contribution in [0.25, 0.3) is 0 Å². The molecule has 0 fully saturated rings. The average molecular weight is 429 g/mol. The molecular weight excluding hydrogens is 404 g/mol. The number of para-hydroxylation sites is 1. The van der Waals surface area contributed by atoms with E-state index in [0.29, 0.717) is 6.42 Å². The van der Waals surface area contributed by atoms with Gasteiger partial charge in [0.25, 0.3) is 15.9 Å². The number of rotatable bonds is 6. The van der Waals surface area contributed by atoms with Gasteiger partial charge in [-0.15, -0.1) is 4.40 Å². The molecule has 1 aliphatic rings. The maximum atomic E-state index is 12.3. The lowest BCUT2D eigenvalue weighted by Gasteiger charge is -2.21. The molecule has 9 heteroatoms. The van der Waals surface area contributed by atoms with E-state index in [4.69, 9.17) is 0 Å². The second-order valence-electron chi connectivity index (χ2n) is 7.03. The molecule has 0 spiro atoms. The predicted octanol–water partition coefficient (Wildman–Crippen LogP) is 2.83. The van der Waals surface area contributed by atoms with Gasteiger partial charge in [0.1, 0.15) is 0 Å². The van der Waals surface area contributed by atoms with Crippen molar-refractivity contribution in [2.75, 3.05) is 19.4 Å². The fourth-order valence-corrected chi connectivity index (χ4v) is 4.01. The van der Waals surface area contributed by atoms with E-state index in [1.54, 1.807) is 26.2 Å². The number of phenolic OH excluding ortho intramolecular Hbond substituents is 1. The molecule has 3 rings (SSSR count). The van der Waals surface area contributed by atoms with E-state index in [1.165, 1.54) is 11.0 Å². The van der Waals surface area contributed by atoms with E-state index >= 15 is 0 Å². The minimum Gasteiger partial charge on any atom is -0.505 e. The van der Waals surface area contributed by atoms with E-state index in [2.05, 4.69) is 15.0 Å². The van der Waals surface area contributed by atoms with Crippen LogP contribution in [0, 0.1) is 0 Å². The topological polar surface area (TPSA) is 111 Å². The Morgan fingerprint density at radius 2 is 1.83 bits per heavy atom. The summed E-state index contributed by atoms with van der Waals surface area (Å²) in [5, 5.41) is 17.6. The second-order valence-corrected chi connectivity index (χ2v) is 8.48. The molecule has 1 amide bonds. The molecule has 2 aromatic carbocycles. The van der Waals surface area contributed by atoms with Crippen LogP contribution in [0.5, 0.6) is 5.75 Å². The van der Waals surface area contributed by atoms with Crippen molar-refractivity contribution >= 4 is 27.5 Å². The molecule has 30 heavy (non-hydrogen) atoms. The van der Waals surface area contributed by atoms with Crippen LogP contribution in [0.1, 0.15) is 35.3 Å². The first-order valence-electron chi connectivity index (χ1n) is 9.41. The van der Waals surface area contributed by atoms with Gasteiger partial charge in [0.15, 0.2) is 11.6 Å². The molecule has 0 bridgehead atoms. The van der Waals surface area contributed by atoms with Gasteiger partial charge in [0.2, 0.25) is 0 Å². The number of hydrogen-bond acceptors (Lipinski definition) is 6. The lowest BCUT2D eigenvalue weighted by atomic mass is 10.0. The van der Waals surface area contributed by atoms with Gasteiger partial charge in [-0.1, -0.05) is 43.3 Å². The summed E-state index contributed by atoms with van der Waals surface area (Å²) in [5.74, 6) is -0.604. The largest absolute Gasteiger partial charge is 0.505 e. The lowest BCUT2D eigenvalue weighted by Crippen LogP contribution is -2.28. The first-order chi connectivity index (χ1) is 14.2. The highest BCUT2D eigenvalue weighted by Crippen LogP contribution is 2.30. The Kier molecular flexibility index (Phi) is 6.12. The Balaban J connectivity index is 1.90. The molecule has 0 aromatic heterocycles. The molecule has 1 atom stereocenters. The molecule has 0 unspecified atom stereocenters. The Morgan fingerprint density at radius 1 is 1.13 bits per heavy atom. The molecule has 0 aliphatic carbocycles. The highest BCUT2D eigenvalue weighted by Gasteiger charge is 2.26. The molecule has 2 aromatic rings. The van der Waals surface area contributed by atoms with Crippen LogP contribution >= 0.6 is 0 Å². The van der Waals surface area contributed by atoms with Gasteiger partial charge >= 0.3 is 0 Å². The second kappa shape index (κ2) is 8.58. The number of carbonyl (C=O) groups is 1. The number of phenols is 1. The number of nitrogens with zero attached hydrogens (tertiary/aromatic N) is 2. The summed E-state index contributed by atoms with van der Waals surface area (Å²) in [6, 6.07) is 14.2. The van der Waals surface area contributed by atoms with Crippen molar-refractivity contribution < 1.29 is 18.3 Å². The summed E-state index contributed by atoms with van der Waals surface area (Å²) in [4.78, 5) is 13.6. The number of aromatic hydroxyl groups is 1. The van der Waals surface area contributed by atoms with Crippen LogP contribution in [-0.2, 0) is 10.0 Å². The van der Waals surface area contributed by atoms with Gasteiger partial charge in [-0.05, 0) is 24.1 Å². The van der Waals surface area contributed by atoms with Crippen LogP contribution in [0.3, 0.4) is 0 Å². The number of nitrogens with one attached hydrogen (secondary N) is 2. The molecule has 0 saturated carbocycles. The number of hydrogen-bond donors (Lipinski definition) is 3. The predicted molar refractivity (Wildman–Crippen MR) is 117 cm³/mol. The summed E-state index contributed by atoms with van der Waals surface area (Å²) >= 11 is 0. The highest BCUT2D eigenvalue weighted by molar-refractivity contribution is 7.93. The van der Waals surface area contributed by atoms with Crippen molar-refractivity contribution in [1.82, 2.24) is 10.2 Å². The van der Waals surface area contributed by atoms with E-state index in [1.807, 2.05) is 37.3 Å². The van der Waals surface area contributed by atoms with Crippen LogP contribution in [-0.4, -0.2) is 44.3 Å². The minimum atomic E-state index is -3.81. The Bertz CT molecular complexity index is 1110. The SMILES string of the molecule is CC[C@@H](NC1=CS(=O)(=O)N=C1Nc1cccc(C(=O)N(C)C)c1O)c1ccccc1. The quantitative estimate of drug-likeness (QED) is 0.610. The van der Waals surface area contributed by atoms with E-state index in [-0.39, 0.29) is 40.5 Å². The summed E-state index contributed by atoms with van der Waals surface area (Å²) < 4.78 is 28.0. The third-order valence-corrected chi connectivity index (χ3v) is 5.58. The van der Waals surface area contributed by atoms with Crippen molar-refractivity contribution in [2.24, 2.45) is 4.40 Å². The van der Waals surface area contributed by atoms with Crippen molar-refractivity contribution in [2.45, 2.75) is 19.4 Å². The number of amides is 1. The van der Waals surface area contributed by atoms with Crippen LogP contribution < -0.4 is 10.6 Å². The van der Waals surface area contributed by atoms with Crippen LogP contribution in [0.4, 0.5) is 5.69 Å². The molecule has 158 valence electrons. The zero-order valence-corrected chi connectivity index (χ0v) is 17.8. The Morgan fingerprint density at radius 3 is 2.47 bits per heavy atom. The number of amidine groups is 1. The summed E-state index contributed by atoms with van der Waals surface area (Å²) in [6.07, 6.45) is 0.715. The zero-order chi connectivity index (χ0) is 21.9. The van der Waals surface area contributed by atoms with Crippen molar-refractivity contribution in [3.63, 3.8) is 0 Å². The number of benzene rings is 2. The molecule has 0 saturated heterocycles. The number of carbonyl (C=O) groups excluding carboxylic acids is 1. The van der Waals surface area contributed by atoms with Gasteiger partial charge in [-0.2, -0.15) is 8.42 Å². The van der Waals surface area contributed by atoms with Gasteiger partial charge in [0, 0.05) is 14.1 Å². The van der Waals surface area contributed by atoms with Gasteiger partial charge in [-0.25, -0.2) is 0 Å². The number of anilines is 1. The molecule has 8 nitrogen and oxygen atoms in total. The fraction of sp³-hybridized carbons (Fsp3) is 0.238. The Hall–Kier alpha value is -3.33. The molecule has 1 aliphatic heterocycles. The average Bonchev–Trinajstić information content (AvgIpc) is 3.00. The Labute approximate surface area is 176 Å². The van der Waals surface area contributed by atoms with Gasteiger partial charge in [0.05, 0.1) is 28.4 Å². The summed E-state index contributed by atoms with van der Waals surface area (Å²) in [6.45, 7) is 1.99. The van der Waals surface area contributed by atoms with Crippen LogP contribution in [0.2, 0.25) is 0 Å². The summed E-state index contributed by atoms with van der Waals surface area (Å²) in [5.41, 5.74) is 1.57. The fourth-order valence-electron chi connectivity index (χ4n) is 3.08. The van der Waals surface area contributed by atoms with Gasteiger partial charge < -0.3 is 20.6 Å². The highest BCUT2D eigenvalue weighted by atomic mass is 32.2. The van der Waals surface area contributed by atoms with E-state index in [9.17, 15) is 18.3 Å². The number of sulfonamides is 1. The standard InChI is InChI=1S/C21H24N4O4S/c1-4-16(14-9-6-5-7-10-14)22-18-13-30(28,29)24-20(18)23-17-12-8-11-15(19(17)26)21(27)25(2)3/h5-13,16,22,26H,4H2,1-3H3,(H,23,24)/t16-/m1/s1. The smallest absolute Gasteiger partial charge is 0.279 e. The van der Waals surface area contributed by atoms with Crippen molar-refractivity contribution in [3.8, 4) is 5.75 Å². The molecule has 0 radical (unpaired) electrons. The molecular formula is C21H24N4O4S. The summed E-state index contributed by atoms with van der Waals surface area (Å²) in [7, 11) is -0.653. The maximum absolute atomic E-state index is 12.3. The normalized spacial score (nSPS) is 15.7. The molecule has 1 heterocycles. The lowest BCUT2D eigenvalue weighted by molar-refractivity contribution is 0.0824. The van der Waals surface area contributed by atoms with Crippen molar-refractivity contribution in [3.05, 3.63) is 70.8 Å². The third-order valence-electron chi connectivity index (χ3n) is 4.61. The first-order valence-corrected chi connectivity index (χ1v) is 10.9.